The van der Waals surface area contributed by atoms with Gasteiger partial charge < -0.3 is 10.3 Å². The van der Waals surface area contributed by atoms with E-state index in [0.717, 1.165) is 24.8 Å². The van der Waals surface area contributed by atoms with Crippen LogP contribution >= 0.6 is 0 Å². The molecule has 1 fully saturated rings. The number of nitrogens with two attached hydrogens (primary N) is 1. The Labute approximate surface area is 117 Å². The Balaban J connectivity index is 1.80. The summed E-state index contributed by atoms with van der Waals surface area (Å²) < 4.78 is 18.5. The van der Waals surface area contributed by atoms with E-state index in [4.69, 9.17) is 10.3 Å². The molecule has 1 aliphatic carbocycles. The molecule has 0 saturated heterocycles. The Morgan fingerprint density at radius 3 is 3.05 bits per heavy atom. The Morgan fingerprint density at radius 1 is 1.50 bits per heavy atom. The topological polar surface area (TPSA) is 64.9 Å². The van der Waals surface area contributed by atoms with Gasteiger partial charge in [0.15, 0.2) is 5.82 Å². The number of rotatable bonds is 3. The first-order valence-corrected chi connectivity index (χ1v) is 6.91. The van der Waals surface area contributed by atoms with Gasteiger partial charge in [-0.15, -0.1) is 0 Å². The standard InChI is InChI=1S/C15H18FN3O/c1-15(7-3-6-12(15)17)14-18-13(19-20-14)9-10-4-2-5-11(16)8-10/h2,4-5,8,12H,3,6-7,9,17H2,1H3. The molecular weight excluding hydrogens is 257 g/mol. The average molecular weight is 275 g/mol. The van der Waals surface area contributed by atoms with E-state index in [0.29, 0.717) is 18.1 Å². The lowest BCUT2D eigenvalue weighted by Gasteiger charge is -2.23. The van der Waals surface area contributed by atoms with Crippen molar-refractivity contribution in [2.75, 3.05) is 0 Å². The molecule has 2 N–H and O–H groups in total. The lowest BCUT2D eigenvalue weighted by atomic mass is 9.85. The van der Waals surface area contributed by atoms with E-state index in [9.17, 15) is 4.39 Å². The fraction of sp³-hybridized carbons (Fsp3) is 0.467. The summed E-state index contributed by atoms with van der Waals surface area (Å²) in [7, 11) is 0. The minimum atomic E-state index is -0.254. The van der Waals surface area contributed by atoms with Gasteiger partial charge in [-0.05, 0) is 37.5 Å². The van der Waals surface area contributed by atoms with Gasteiger partial charge in [0.25, 0.3) is 0 Å². The number of aromatic nitrogens is 2. The van der Waals surface area contributed by atoms with Crippen LogP contribution in [0.4, 0.5) is 4.39 Å². The van der Waals surface area contributed by atoms with Crippen molar-refractivity contribution in [1.29, 1.82) is 0 Å². The zero-order chi connectivity index (χ0) is 14.2. The third-order valence-electron chi connectivity index (χ3n) is 4.24. The Hall–Kier alpha value is -1.75. The number of nitrogens with zero attached hydrogens (tertiary/aromatic N) is 2. The van der Waals surface area contributed by atoms with Crippen LogP contribution in [0.2, 0.25) is 0 Å². The molecule has 1 aliphatic rings. The van der Waals surface area contributed by atoms with Crippen LogP contribution in [0.25, 0.3) is 0 Å². The maximum atomic E-state index is 13.2. The molecule has 0 aliphatic heterocycles. The molecule has 2 aromatic rings. The minimum absolute atomic E-state index is 0.0602. The van der Waals surface area contributed by atoms with Crippen LogP contribution in [0.15, 0.2) is 28.8 Å². The summed E-state index contributed by atoms with van der Waals surface area (Å²) in [6, 6.07) is 6.50. The van der Waals surface area contributed by atoms with Crippen molar-refractivity contribution in [3.05, 3.63) is 47.4 Å². The summed E-state index contributed by atoms with van der Waals surface area (Å²) in [5.41, 5.74) is 6.75. The van der Waals surface area contributed by atoms with Crippen LogP contribution in [-0.4, -0.2) is 16.2 Å². The number of hydrogen-bond donors (Lipinski definition) is 1. The quantitative estimate of drug-likeness (QED) is 0.935. The van der Waals surface area contributed by atoms with E-state index in [1.807, 2.05) is 6.07 Å². The van der Waals surface area contributed by atoms with Crippen molar-refractivity contribution in [3.63, 3.8) is 0 Å². The smallest absolute Gasteiger partial charge is 0.234 e. The molecule has 1 heterocycles. The second kappa shape index (κ2) is 4.98. The van der Waals surface area contributed by atoms with Crippen molar-refractivity contribution in [2.45, 2.75) is 44.1 Å². The zero-order valence-corrected chi connectivity index (χ0v) is 11.5. The molecule has 1 saturated carbocycles. The highest BCUT2D eigenvalue weighted by molar-refractivity contribution is 5.20. The van der Waals surface area contributed by atoms with Crippen LogP contribution in [0.3, 0.4) is 0 Å². The summed E-state index contributed by atoms with van der Waals surface area (Å²) in [6.45, 7) is 2.07. The second-order valence-corrected chi connectivity index (χ2v) is 5.74. The Bertz CT molecular complexity index is 613. The second-order valence-electron chi connectivity index (χ2n) is 5.74. The van der Waals surface area contributed by atoms with Gasteiger partial charge >= 0.3 is 0 Å². The molecule has 2 atom stereocenters. The molecule has 0 bridgehead atoms. The molecule has 20 heavy (non-hydrogen) atoms. The van der Waals surface area contributed by atoms with Crippen LogP contribution in [0, 0.1) is 5.82 Å². The highest BCUT2D eigenvalue weighted by atomic mass is 19.1. The van der Waals surface area contributed by atoms with E-state index in [1.54, 1.807) is 6.07 Å². The summed E-state index contributed by atoms with van der Waals surface area (Å²) >= 11 is 0. The lowest BCUT2D eigenvalue weighted by Crippen LogP contribution is -2.38. The first-order chi connectivity index (χ1) is 9.58. The largest absolute Gasteiger partial charge is 0.339 e. The van der Waals surface area contributed by atoms with Gasteiger partial charge in [-0.2, -0.15) is 4.98 Å². The van der Waals surface area contributed by atoms with E-state index in [1.165, 1.54) is 12.1 Å². The van der Waals surface area contributed by atoms with Gasteiger partial charge in [0.2, 0.25) is 5.89 Å². The molecule has 1 aromatic heterocycles. The van der Waals surface area contributed by atoms with E-state index < -0.39 is 0 Å². The molecule has 0 radical (unpaired) electrons. The van der Waals surface area contributed by atoms with Gasteiger partial charge in [-0.25, -0.2) is 4.39 Å². The van der Waals surface area contributed by atoms with Crippen molar-refractivity contribution in [1.82, 2.24) is 10.1 Å². The van der Waals surface area contributed by atoms with E-state index in [-0.39, 0.29) is 17.3 Å². The monoisotopic (exact) mass is 275 g/mol. The molecule has 106 valence electrons. The predicted molar refractivity (Wildman–Crippen MR) is 72.7 cm³/mol. The summed E-state index contributed by atoms with van der Waals surface area (Å²) in [5, 5.41) is 4.00. The highest BCUT2D eigenvalue weighted by Crippen LogP contribution is 2.38. The van der Waals surface area contributed by atoms with Crippen molar-refractivity contribution >= 4 is 0 Å². The highest BCUT2D eigenvalue weighted by Gasteiger charge is 2.42. The van der Waals surface area contributed by atoms with Gasteiger partial charge in [-0.1, -0.05) is 23.7 Å². The molecule has 0 amide bonds. The molecule has 0 spiro atoms. The van der Waals surface area contributed by atoms with Crippen LogP contribution in [-0.2, 0) is 11.8 Å². The molecule has 1 aromatic carbocycles. The van der Waals surface area contributed by atoms with Crippen molar-refractivity contribution in [3.8, 4) is 0 Å². The van der Waals surface area contributed by atoms with Crippen molar-refractivity contribution in [2.24, 2.45) is 5.73 Å². The van der Waals surface area contributed by atoms with Crippen LogP contribution in [0.1, 0.15) is 43.5 Å². The Morgan fingerprint density at radius 2 is 2.35 bits per heavy atom. The fourth-order valence-corrected chi connectivity index (χ4v) is 2.85. The van der Waals surface area contributed by atoms with Gasteiger partial charge in [0, 0.05) is 12.5 Å². The SMILES string of the molecule is CC1(c2nc(Cc3cccc(F)c3)no2)CCCC1N. The third kappa shape index (κ3) is 2.33. The third-order valence-corrected chi connectivity index (χ3v) is 4.24. The summed E-state index contributed by atoms with van der Waals surface area (Å²) in [4.78, 5) is 4.46. The van der Waals surface area contributed by atoms with E-state index in [2.05, 4.69) is 17.1 Å². The van der Waals surface area contributed by atoms with Crippen LogP contribution < -0.4 is 5.73 Å². The minimum Gasteiger partial charge on any atom is -0.339 e. The Kier molecular flexibility index (Phi) is 3.30. The predicted octanol–water partition coefficient (Wildman–Crippen LogP) is 2.57. The maximum Gasteiger partial charge on any atom is 0.234 e. The van der Waals surface area contributed by atoms with Gasteiger partial charge in [0.1, 0.15) is 5.82 Å². The van der Waals surface area contributed by atoms with E-state index >= 15 is 0 Å². The lowest BCUT2D eigenvalue weighted by molar-refractivity contribution is 0.276. The van der Waals surface area contributed by atoms with Gasteiger partial charge in [-0.3, -0.25) is 0 Å². The first kappa shape index (κ1) is 13.2. The number of benzene rings is 1. The fourth-order valence-electron chi connectivity index (χ4n) is 2.85. The summed E-state index contributed by atoms with van der Waals surface area (Å²) in [5.74, 6) is 0.927. The first-order valence-electron chi connectivity index (χ1n) is 6.91. The molecule has 4 nitrogen and oxygen atoms in total. The number of hydrogen-bond acceptors (Lipinski definition) is 4. The van der Waals surface area contributed by atoms with Gasteiger partial charge in [0.05, 0.1) is 5.41 Å². The molecule has 2 unspecified atom stereocenters. The molecular formula is C15H18FN3O. The van der Waals surface area contributed by atoms with Crippen LogP contribution in [0.5, 0.6) is 0 Å². The molecule has 3 rings (SSSR count). The maximum absolute atomic E-state index is 13.2. The summed E-state index contributed by atoms with van der Waals surface area (Å²) in [6.07, 6.45) is 3.50. The number of halogens is 1. The van der Waals surface area contributed by atoms with Crippen molar-refractivity contribution < 1.29 is 8.91 Å². The average Bonchev–Trinajstić information content (AvgIpc) is 2.99. The molecule has 5 heteroatoms. The normalized spacial score (nSPS) is 26.1. The zero-order valence-electron chi connectivity index (χ0n) is 11.5.